The van der Waals surface area contributed by atoms with Gasteiger partial charge in [0.25, 0.3) is 0 Å². The van der Waals surface area contributed by atoms with Gasteiger partial charge in [0.1, 0.15) is 0 Å². The summed E-state index contributed by atoms with van der Waals surface area (Å²) in [5.74, 6) is 1.70. The van der Waals surface area contributed by atoms with Gasteiger partial charge in [-0.3, -0.25) is 0 Å². The van der Waals surface area contributed by atoms with Gasteiger partial charge in [-0.05, 0) is 44.1 Å². The summed E-state index contributed by atoms with van der Waals surface area (Å²) in [5, 5.41) is 0. The van der Waals surface area contributed by atoms with Crippen LogP contribution in [0.2, 0.25) is 0 Å². The van der Waals surface area contributed by atoms with Gasteiger partial charge in [-0.15, -0.1) is 0 Å². The molecule has 82 valence electrons. The zero-order valence-corrected chi connectivity index (χ0v) is 9.08. The van der Waals surface area contributed by atoms with Gasteiger partial charge in [0, 0.05) is 6.61 Å². The summed E-state index contributed by atoms with van der Waals surface area (Å²) in [7, 11) is 0. The Hall–Kier alpha value is -0.0800. The van der Waals surface area contributed by atoms with Crippen molar-refractivity contribution in [3.63, 3.8) is 0 Å². The summed E-state index contributed by atoms with van der Waals surface area (Å²) < 4.78 is 5.89. The van der Waals surface area contributed by atoms with E-state index >= 15 is 0 Å². The first-order valence-electron chi connectivity index (χ1n) is 6.23. The molecular formula is C12H23NO. The number of rotatable bonds is 4. The van der Waals surface area contributed by atoms with Crippen LogP contribution in [0.25, 0.3) is 0 Å². The van der Waals surface area contributed by atoms with Gasteiger partial charge >= 0.3 is 0 Å². The zero-order chi connectivity index (χ0) is 9.80. The summed E-state index contributed by atoms with van der Waals surface area (Å²) >= 11 is 0. The summed E-state index contributed by atoms with van der Waals surface area (Å²) in [5.41, 5.74) is 5.70. The molecule has 2 nitrogen and oxygen atoms in total. The highest BCUT2D eigenvalue weighted by atomic mass is 16.5. The molecular weight excluding hydrogens is 174 g/mol. The van der Waals surface area contributed by atoms with E-state index in [-0.39, 0.29) is 0 Å². The molecule has 14 heavy (non-hydrogen) atoms. The fourth-order valence-corrected chi connectivity index (χ4v) is 2.89. The minimum atomic E-state index is 0.539. The van der Waals surface area contributed by atoms with Gasteiger partial charge in [-0.1, -0.05) is 19.3 Å². The molecule has 1 aliphatic heterocycles. The molecule has 1 saturated carbocycles. The maximum absolute atomic E-state index is 5.89. The standard InChI is InChI=1S/C12H23NO/c13-8-7-11(10-4-3-5-10)12-6-1-2-9-14-12/h10-12H,1-9,13H2. The first-order chi connectivity index (χ1) is 6.92. The Morgan fingerprint density at radius 2 is 2.00 bits per heavy atom. The molecule has 2 atom stereocenters. The Morgan fingerprint density at radius 3 is 2.50 bits per heavy atom. The van der Waals surface area contributed by atoms with Crippen LogP contribution >= 0.6 is 0 Å². The molecule has 2 heteroatoms. The fourth-order valence-electron chi connectivity index (χ4n) is 2.89. The van der Waals surface area contributed by atoms with Crippen LogP contribution in [0, 0.1) is 11.8 Å². The Balaban J connectivity index is 1.86. The van der Waals surface area contributed by atoms with Crippen molar-refractivity contribution in [2.45, 2.75) is 51.0 Å². The van der Waals surface area contributed by atoms with Crippen LogP contribution in [0.1, 0.15) is 44.9 Å². The first-order valence-corrected chi connectivity index (χ1v) is 6.23. The predicted molar refractivity (Wildman–Crippen MR) is 58.1 cm³/mol. The fraction of sp³-hybridized carbons (Fsp3) is 1.00. The van der Waals surface area contributed by atoms with Crippen molar-refractivity contribution >= 4 is 0 Å². The lowest BCUT2D eigenvalue weighted by molar-refractivity contribution is -0.0510. The maximum atomic E-state index is 5.89. The lowest BCUT2D eigenvalue weighted by atomic mass is 9.71. The van der Waals surface area contributed by atoms with E-state index in [4.69, 9.17) is 10.5 Å². The Labute approximate surface area is 87.2 Å². The Bertz CT molecular complexity index is 162. The van der Waals surface area contributed by atoms with Gasteiger partial charge < -0.3 is 10.5 Å². The molecule has 2 fully saturated rings. The van der Waals surface area contributed by atoms with Crippen LogP contribution in [0.4, 0.5) is 0 Å². The molecule has 1 aliphatic carbocycles. The Kier molecular flexibility index (Phi) is 3.82. The van der Waals surface area contributed by atoms with Gasteiger partial charge in [0.05, 0.1) is 6.10 Å². The van der Waals surface area contributed by atoms with Gasteiger partial charge in [0.2, 0.25) is 0 Å². The molecule has 0 bridgehead atoms. The van der Waals surface area contributed by atoms with E-state index in [2.05, 4.69) is 0 Å². The lowest BCUT2D eigenvalue weighted by Crippen LogP contribution is -2.37. The van der Waals surface area contributed by atoms with Crippen molar-refractivity contribution in [1.29, 1.82) is 0 Å². The average molecular weight is 197 g/mol. The average Bonchev–Trinajstić information content (AvgIpc) is 2.16. The van der Waals surface area contributed by atoms with E-state index in [1.807, 2.05) is 0 Å². The monoisotopic (exact) mass is 197 g/mol. The minimum absolute atomic E-state index is 0.539. The molecule has 2 N–H and O–H groups in total. The summed E-state index contributed by atoms with van der Waals surface area (Å²) in [4.78, 5) is 0. The predicted octanol–water partition coefficient (Wildman–Crippen LogP) is 2.32. The van der Waals surface area contributed by atoms with Crippen LogP contribution in [-0.2, 0) is 4.74 Å². The zero-order valence-electron chi connectivity index (χ0n) is 9.08. The van der Waals surface area contributed by atoms with Crippen molar-refractivity contribution in [2.24, 2.45) is 17.6 Å². The third kappa shape index (κ3) is 2.29. The number of ether oxygens (including phenoxy) is 1. The van der Waals surface area contributed by atoms with Crippen molar-refractivity contribution < 1.29 is 4.74 Å². The second-order valence-electron chi connectivity index (χ2n) is 4.84. The normalized spacial score (nSPS) is 31.1. The molecule has 0 amide bonds. The van der Waals surface area contributed by atoms with Crippen molar-refractivity contribution in [3.05, 3.63) is 0 Å². The van der Waals surface area contributed by atoms with E-state index in [1.54, 1.807) is 0 Å². The number of nitrogens with two attached hydrogens (primary N) is 1. The molecule has 1 heterocycles. The highest BCUT2D eigenvalue weighted by Gasteiger charge is 2.33. The van der Waals surface area contributed by atoms with Crippen LogP contribution in [0.15, 0.2) is 0 Å². The smallest absolute Gasteiger partial charge is 0.0606 e. The Morgan fingerprint density at radius 1 is 1.14 bits per heavy atom. The highest BCUT2D eigenvalue weighted by molar-refractivity contribution is 4.84. The van der Waals surface area contributed by atoms with Gasteiger partial charge in [0.15, 0.2) is 0 Å². The summed E-state index contributed by atoms with van der Waals surface area (Å²) in [6, 6.07) is 0. The van der Waals surface area contributed by atoms with Crippen LogP contribution in [-0.4, -0.2) is 19.3 Å². The number of hydrogen-bond donors (Lipinski definition) is 1. The van der Waals surface area contributed by atoms with E-state index in [9.17, 15) is 0 Å². The van der Waals surface area contributed by atoms with Gasteiger partial charge in [-0.2, -0.15) is 0 Å². The van der Waals surface area contributed by atoms with Crippen molar-refractivity contribution in [3.8, 4) is 0 Å². The molecule has 0 spiro atoms. The van der Waals surface area contributed by atoms with E-state index in [0.717, 1.165) is 25.0 Å². The van der Waals surface area contributed by atoms with Crippen molar-refractivity contribution in [1.82, 2.24) is 0 Å². The molecule has 1 saturated heterocycles. The lowest BCUT2D eigenvalue weighted by Gasteiger charge is -2.40. The SMILES string of the molecule is NCCC(C1CCC1)C1CCCCO1. The molecule has 0 aromatic carbocycles. The summed E-state index contributed by atoms with van der Waals surface area (Å²) in [6.45, 7) is 1.82. The third-order valence-electron chi connectivity index (χ3n) is 3.95. The second-order valence-corrected chi connectivity index (χ2v) is 4.84. The molecule has 0 aromatic rings. The molecule has 0 aromatic heterocycles. The van der Waals surface area contributed by atoms with E-state index in [0.29, 0.717) is 6.10 Å². The van der Waals surface area contributed by atoms with Crippen LogP contribution in [0.5, 0.6) is 0 Å². The largest absolute Gasteiger partial charge is 0.378 e. The maximum Gasteiger partial charge on any atom is 0.0606 e. The third-order valence-corrected chi connectivity index (χ3v) is 3.95. The molecule has 2 aliphatic rings. The van der Waals surface area contributed by atoms with Crippen molar-refractivity contribution in [2.75, 3.05) is 13.2 Å². The summed E-state index contributed by atoms with van der Waals surface area (Å²) in [6.07, 6.45) is 9.89. The van der Waals surface area contributed by atoms with Gasteiger partial charge in [-0.25, -0.2) is 0 Å². The highest BCUT2D eigenvalue weighted by Crippen LogP contribution is 2.39. The molecule has 2 rings (SSSR count). The molecule has 0 radical (unpaired) electrons. The molecule has 2 unspecified atom stereocenters. The quantitative estimate of drug-likeness (QED) is 0.750. The van der Waals surface area contributed by atoms with E-state index in [1.165, 1.54) is 44.9 Å². The second kappa shape index (κ2) is 5.13. The topological polar surface area (TPSA) is 35.2 Å². The first kappa shape index (κ1) is 10.4. The minimum Gasteiger partial charge on any atom is -0.378 e. The number of hydrogen-bond acceptors (Lipinski definition) is 2. The van der Waals surface area contributed by atoms with Crippen LogP contribution in [0.3, 0.4) is 0 Å². The van der Waals surface area contributed by atoms with E-state index < -0.39 is 0 Å². The van der Waals surface area contributed by atoms with Crippen LogP contribution < -0.4 is 5.73 Å².